The standard InChI is InChI=1S/C16H25N3O4.ClH/c1-10(2)15(17)16(22)18-8-14(21)19(3)9-11-5-6-13(23-4)12(20)7-11;/h5-7,10,15,20H,8-9,17H2,1-4H3,(H,18,22);1H/t15-;/m0./s1. The van der Waals surface area contributed by atoms with Crippen LogP contribution >= 0.6 is 12.4 Å². The third kappa shape index (κ3) is 6.25. The minimum absolute atomic E-state index is 0. The summed E-state index contributed by atoms with van der Waals surface area (Å²) in [6.45, 7) is 3.88. The number of carbonyl (C=O) groups is 2. The number of methoxy groups -OCH3 is 1. The van der Waals surface area contributed by atoms with Gasteiger partial charge in [0.05, 0.1) is 19.7 Å². The van der Waals surface area contributed by atoms with Gasteiger partial charge in [0.25, 0.3) is 0 Å². The smallest absolute Gasteiger partial charge is 0.242 e. The highest BCUT2D eigenvalue weighted by Gasteiger charge is 2.18. The summed E-state index contributed by atoms with van der Waals surface area (Å²) in [5.74, 6) is -0.196. The Morgan fingerprint density at radius 3 is 2.50 bits per heavy atom. The van der Waals surface area contributed by atoms with Gasteiger partial charge < -0.3 is 25.8 Å². The molecular weight excluding hydrogens is 334 g/mol. The van der Waals surface area contributed by atoms with E-state index in [2.05, 4.69) is 5.32 Å². The number of nitrogens with two attached hydrogens (primary N) is 1. The maximum Gasteiger partial charge on any atom is 0.242 e. The highest BCUT2D eigenvalue weighted by molar-refractivity contribution is 5.87. The molecule has 1 rings (SSSR count). The molecule has 0 aromatic heterocycles. The van der Waals surface area contributed by atoms with Crippen LogP contribution in [0.3, 0.4) is 0 Å². The number of nitrogens with one attached hydrogen (secondary N) is 1. The number of hydrogen-bond acceptors (Lipinski definition) is 5. The molecule has 7 nitrogen and oxygen atoms in total. The molecule has 4 N–H and O–H groups in total. The third-order valence-electron chi connectivity index (χ3n) is 3.52. The average molecular weight is 360 g/mol. The number of nitrogens with zero attached hydrogens (tertiary/aromatic N) is 1. The Hall–Kier alpha value is -1.99. The first-order chi connectivity index (χ1) is 10.8. The summed E-state index contributed by atoms with van der Waals surface area (Å²) < 4.78 is 4.97. The van der Waals surface area contributed by atoms with Crippen LogP contribution in [0.15, 0.2) is 18.2 Å². The Kier molecular flexibility index (Phi) is 9.17. The van der Waals surface area contributed by atoms with Crippen molar-refractivity contribution < 1.29 is 19.4 Å². The minimum atomic E-state index is -0.633. The van der Waals surface area contributed by atoms with Gasteiger partial charge in [0.2, 0.25) is 11.8 Å². The van der Waals surface area contributed by atoms with Gasteiger partial charge in [-0.2, -0.15) is 0 Å². The Balaban J connectivity index is 0.00000529. The van der Waals surface area contributed by atoms with Crippen LogP contribution in [-0.2, 0) is 16.1 Å². The molecule has 0 saturated heterocycles. The second-order valence-electron chi connectivity index (χ2n) is 5.74. The van der Waals surface area contributed by atoms with Crippen LogP contribution in [0.25, 0.3) is 0 Å². The van der Waals surface area contributed by atoms with E-state index in [4.69, 9.17) is 10.5 Å². The quantitative estimate of drug-likeness (QED) is 0.670. The van der Waals surface area contributed by atoms with Gasteiger partial charge in [-0.05, 0) is 23.6 Å². The molecule has 0 spiro atoms. The maximum atomic E-state index is 12.0. The van der Waals surface area contributed by atoms with Crippen molar-refractivity contribution in [3.8, 4) is 11.5 Å². The zero-order valence-corrected chi connectivity index (χ0v) is 15.2. The lowest BCUT2D eigenvalue weighted by molar-refractivity contribution is -0.132. The first-order valence-corrected chi connectivity index (χ1v) is 7.39. The number of rotatable bonds is 7. The SMILES string of the molecule is COc1ccc(CN(C)C(=O)CNC(=O)[C@@H](N)C(C)C)cc1O.Cl. The summed E-state index contributed by atoms with van der Waals surface area (Å²) >= 11 is 0. The van der Waals surface area contributed by atoms with Crippen molar-refractivity contribution in [3.63, 3.8) is 0 Å². The highest BCUT2D eigenvalue weighted by Crippen LogP contribution is 2.26. The summed E-state index contributed by atoms with van der Waals surface area (Å²) in [6, 6.07) is 4.30. The Morgan fingerprint density at radius 2 is 2.00 bits per heavy atom. The lowest BCUT2D eigenvalue weighted by atomic mass is 10.1. The number of phenols is 1. The summed E-state index contributed by atoms with van der Waals surface area (Å²) in [5.41, 5.74) is 6.47. The average Bonchev–Trinajstić information content (AvgIpc) is 2.51. The van der Waals surface area contributed by atoms with Crippen LogP contribution < -0.4 is 15.8 Å². The molecule has 0 bridgehead atoms. The summed E-state index contributed by atoms with van der Waals surface area (Å²) in [7, 11) is 3.09. The predicted molar refractivity (Wildman–Crippen MR) is 94.2 cm³/mol. The molecule has 0 unspecified atom stereocenters. The molecule has 1 aromatic rings. The molecule has 0 radical (unpaired) electrons. The molecule has 0 aliphatic carbocycles. The Morgan fingerprint density at radius 1 is 1.38 bits per heavy atom. The molecule has 0 heterocycles. The van der Waals surface area contributed by atoms with Crippen LogP contribution in [0.5, 0.6) is 11.5 Å². The molecule has 0 saturated carbocycles. The third-order valence-corrected chi connectivity index (χ3v) is 3.52. The van der Waals surface area contributed by atoms with Crippen LogP contribution in [0.4, 0.5) is 0 Å². The zero-order chi connectivity index (χ0) is 17.6. The van der Waals surface area contributed by atoms with Crippen molar-refractivity contribution in [1.82, 2.24) is 10.2 Å². The molecular formula is C16H26ClN3O4. The van der Waals surface area contributed by atoms with Gasteiger partial charge in [-0.1, -0.05) is 19.9 Å². The van der Waals surface area contributed by atoms with E-state index in [1.54, 1.807) is 19.2 Å². The van der Waals surface area contributed by atoms with Gasteiger partial charge in [-0.25, -0.2) is 0 Å². The van der Waals surface area contributed by atoms with Crippen LogP contribution in [0.1, 0.15) is 19.4 Å². The van der Waals surface area contributed by atoms with Gasteiger partial charge in [0.1, 0.15) is 0 Å². The topological polar surface area (TPSA) is 105 Å². The van der Waals surface area contributed by atoms with E-state index >= 15 is 0 Å². The maximum absolute atomic E-state index is 12.0. The number of ether oxygens (including phenoxy) is 1. The van der Waals surface area contributed by atoms with Gasteiger partial charge in [0, 0.05) is 13.6 Å². The van der Waals surface area contributed by atoms with Crippen molar-refractivity contribution in [2.45, 2.75) is 26.4 Å². The monoisotopic (exact) mass is 359 g/mol. The van der Waals surface area contributed by atoms with E-state index in [1.165, 1.54) is 18.1 Å². The molecule has 1 atom stereocenters. The molecule has 24 heavy (non-hydrogen) atoms. The van der Waals surface area contributed by atoms with Crippen LogP contribution in [0.2, 0.25) is 0 Å². The van der Waals surface area contributed by atoms with E-state index in [9.17, 15) is 14.7 Å². The number of amides is 2. The van der Waals surface area contributed by atoms with Crippen molar-refractivity contribution in [3.05, 3.63) is 23.8 Å². The van der Waals surface area contributed by atoms with E-state index in [-0.39, 0.29) is 42.4 Å². The number of phenolic OH excluding ortho intramolecular Hbond substituents is 1. The zero-order valence-electron chi connectivity index (χ0n) is 14.4. The van der Waals surface area contributed by atoms with E-state index in [0.29, 0.717) is 12.3 Å². The largest absolute Gasteiger partial charge is 0.504 e. The summed E-state index contributed by atoms with van der Waals surface area (Å²) in [6.07, 6.45) is 0. The molecule has 8 heteroatoms. The van der Waals surface area contributed by atoms with Crippen LogP contribution in [0, 0.1) is 5.92 Å². The Labute approximate surface area is 148 Å². The van der Waals surface area contributed by atoms with E-state index in [0.717, 1.165) is 5.56 Å². The molecule has 0 aliphatic heterocycles. The Bertz CT molecular complexity index is 566. The number of likely N-dealkylation sites (N-methyl/N-ethyl adjacent to an activating group) is 1. The second kappa shape index (κ2) is 10.00. The van der Waals surface area contributed by atoms with Gasteiger partial charge in [-0.15, -0.1) is 12.4 Å². The fourth-order valence-electron chi connectivity index (χ4n) is 1.91. The fourth-order valence-corrected chi connectivity index (χ4v) is 1.91. The van der Waals surface area contributed by atoms with Crippen molar-refractivity contribution in [1.29, 1.82) is 0 Å². The number of halogens is 1. The summed E-state index contributed by atoms with van der Waals surface area (Å²) in [5, 5.41) is 12.3. The lowest BCUT2D eigenvalue weighted by Crippen LogP contribution is -2.47. The molecule has 136 valence electrons. The molecule has 2 amide bonds. The number of aromatic hydroxyl groups is 1. The predicted octanol–water partition coefficient (Wildman–Crippen LogP) is 0.881. The van der Waals surface area contributed by atoms with Gasteiger partial charge >= 0.3 is 0 Å². The number of carbonyl (C=O) groups excluding carboxylic acids is 2. The van der Waals surface area contributed by atoms with E-state index < -0.39 is 6.04 Å². The second-order valence-corrected chi connectivity index (χ2v) is 5.74. The van der Waals surface area contributed by atoms with Crippen molar-refractivity contribution in [2.24, 2.45) is 11.7 Å². The lowest BCUT2D eigenvalue weighted by Gasteiger charge is -2.20. The minimum Gasteiger partial charge on any atom is -0.504 e. The first kappa shape index (κ1) is 22.0. The summed E-state index contributed by atoms with van der Waals surface area (Å²) in [4.78, 5) is 25.2. The first-order valence-electron chi connectivity index (χ1n) is 7.39. The highest BCUT2D eigenvalue weighted by atomic mass is 35.5. The number of benzene rings is 1. The van der Waals surface area contributed by atoms with E-state index in [1.807, 2.05) is 13.8 Å². The van der Waals surface area contributed by atoms with Crippen LogP contribution in [-0.4, -0.2) is 48.6 Å². The molecule has 0 aliphatic rings. The molecule has 0 fully saturated rings. The van der Waals surface area contributed by atoms with Gasteiger partial charge in [0.15, 0.2) is 11.5 Å². The number of hydrogen-bond donors (Lipinski definition) is 3. The molecule has 1 aromatic carbocycles. The fraction of sp³-hybridized carbons (Fsp3) is 0.500. The normalized spacial score (nSPS) is 11.4. The van der Waals surface area contributed by atoms with Crippen molar-refractivity contribution in [2.75, 3.05) is 20.7 Å². The van der Waals surface area contributed by atoms with Gasteiger partial charge in [-0.3, -0.25) is 9.59 Å². The van der Waals surface area contributed by atoms with Crippen molar-refractivity contribution >= 4 is 24.2 Å².